The fraction of sp³-hybridized carbons (Fsp3) is 0.256. The molecule has 4 aromatic rings. The Kier molecular flexibility index (Phi) is 10.7. The molecule has 61 heavy (non-hydrogen) atoms. The number of hydrogen-bond donors (Lipinski definition) is 1. The van der Waals surface area contributed by atoms with E-state index in [0.29, 0.717) is 17.1 Å². The fourth-order valence-electron chi connectivity index (χ4n) is 9.00. The first-order valence-corrected chi connectivity index (χ1v) is 20.2. The lowest BCUT2D eigenvalue weighted by molar-refractivity contribution is -0.125. The van der Waals surface area contributed by atoms with E-state index in [4.69, 9.17) is 37.4 Å². The first-order chi connectivity index (χ1) is 28.9. The van der Waals surface area contributed by atoms with Crippen LogP contribution in [0.5, 0.6) is 23.0 Å². The van der Waals surface area contributed by atoms with Crippen LogP contribution in [-0.2, 0) is 19.2 Å². The van der Waals surface area contributed by atoms with Crippen LogP contribution in [0, 0.1) is 50.4 Å². The normalized spacial score (nSPS) is 25.8. The standard InChI is InChI=1S/C43H30Cl2F5IN2O8/c1-59-22-10-13-27(60-2)19(14-22)7-4-18-5-8-21(9-6-18)52-38(55)24-12-11-23-25(29(24)39(52)56)17-42(44)40(57)53(36-34(49)32(47)31(46)33(48)35(36)50)41(58)43(42,45)30(23)20-15-26(51)37(54)28(16-20)61-3/h4-11,13-16,24-25,29-30,54H,12,17H2,1-3H3. The van der Waals surface area contributed by atoms with E-state index in [1.807, 2.05) is 0 Å². The molecule has 2 aliphatic carbocycles. The Morgan fingerprint density at radius 1 is 0.754 bits per heavy atom. The van der Waals surface area contributed by atoms with Gasteiger partial charge in [0.15, 0.2) is 44.5 Å². The van der Waals surface area contributed by atoms with Gasteiger partial charge in [-0.2, -0.15) is 0 Å². The number of fused-ring (bicyclic) bond motifs is 4. The molecule has 1 N–H and O–H groups in total. The maximum atomic E-state index is 15.4. The van der Waals surface area contributed by atoms with E-state index >= 15 is 8.78 Å². The quantitative estimate of drug-likeness (QED) is 0.0272. The number of aromatic hydroxyl groups is 1. The highest BCUT2D eigenvalue weighted by molar-refractivity contribution is 14.1. The van der Waals surface area contributed by atoms with Gasteiger partial charge in [0.05, 0.1) is 42.4 Å². The molecule has 1 saturated carbocycles. The zero-order chi connectivity index (χ0) is 44.0. The van der Waals surface area contributed by atoms with E-state index in [1.165, 1.54) is 33.5 Å². The number of methoxy groups -OCH3 is 3. The van der Waals surface area contributed by atoms with Crippen LogP contribution >= 0.6 is 45.8 Å². The first kappa shape index (κ1) is 42.5. The third-order valence-corrected chi connectivity index (χ3v) is 14.1. The summed E-state index contributed by atoms with van der Waals surface area (Å²) in [5, 5.41) is 10.7. The number of carbonyl (C=O) groups excluding carboxylic acids is 4. The highest BCUT2D eigenvalue weighted by Gasteiger charge is 2.77. The molecule has 2 aliphatic heterocycles. The van der Waals surface area contributed by atoms with Gasteiger partial charge in [-0.1, -0.05) is 35.9 Å². The molecule has 8 rings (SSSR count). The zero-order valence-corrected chi connectivity index (χ0v) is 35.5. The zero-order valence-electron chi connectivity index (χ0n) is 31.9. The average molecular weight is 996 g/mol. The minimum atomic E-state index is -2.74. The molecule has 0 radical (unpaired) electrons. The second-order valence-corrected chi connectivity index (χ2v) is 17.2. The van der Waals surface area contributed by atoms with Crippen molar-refractivity contribution in [1.82, 2.24) is 0 Å². The largest absolute Gasteiger partial charge is 0.504 e. The lowest BCUT2D eigenvalue weighted by Crippen LogP contribution is -2.60. The Balaban J connectivity index is 1.21. The van der Waals surface area contributed by atoms with E-state index in [2.05, 4.69) is 0 Å². The summed E-state index contributed by atoms with van der Waals surface area (Å²) in [7, 11) is 4.31. The van der Waals surface area contributed by atoms with Gasteiger partial charge in [-0.25, -0.2) is 26.9 Å². The third kappa shape index (κ3) is 6.14. The molecule has 4 aromatic carbocycles. The number of phenolic OH excluding ortho intramolecular Hbond substituents is 1. The predicted octanol–water partition coefficient (Wildman–Crippen LogP) is 8.66. The number of allylic oxidation sites excluding steroid dienone is 2. The van der Waals surface area contributed by atoms with Gasteiger partial charge >= 0.3 is 0 Å². The van der Waals surface area contributed by atoms with E-state index < -0.39 is 98.2 Å². The number of phenols is 1. The number of hydrogen-bond acceptors (Lipinski definition) is 8. The van der Waals surface area contributed by atoms with Crippen molar-refractivity contribution >= 4 is 92.9 Å². The molecule has 0 spiro atoms. The number of rotatable bonds is 8. The Morgan fingerprint density at radius 2 is 1.39 bits per heavy atom. The number of anilines is 2. The number of benzene rings is 4. The van der Waals surface area contributed by atoms with Crippen molar-refractivity contribution in [3.63, 3.8) is 0 Å². The van der Waals surface area contributed by atoms with Crippen molar-refractivity contribution < 1.29 is 60.4 Å². The minimum absolute atomic E-state index is 0.0602. The third-order valence-electron chi connectivity index (χ3n) is 11.9. The number of ether oxygens (including phenoxy) is 3. The van der Waals surface area contributed by atoms with Crippen LogP contribution in [0.1, 0.15) is 35.4 Å². The lowest BCUT2D eigenvalue weighted by Gasteiger charge is -2.50. The van der Waals surface area contributed by atoms with E-state index in [9.17, 15) is 37.5 Å². The molecule has 4 amide bonds. The highest BCUT2D eigenvalue weighted by Crippen LogP contribution is 2.66. The van der Waals surface area contributed by atoms with Crippen LogP contribution in [0.4, 0.5) is 33.3 Å². The summed E-state index contributed by atoms with van der Waals surface area (Å²) in [5.74, 6) is -21.0. The Labute approximate surface area is 367 Å². The smallest absolute Gasteiger partial charge is 0.258 e. The summed E-state index contributed by atoms with van der Waals surface area (Å²) in [4.78, 5) is 53.2. The molecule has 316 valence electrons. The van der Waals surface area contributed by atoms with Gasteiger partial charge in [-0.05, 0) is 94.9 Å². The number of amides is 4. The van der Waals surface area contributed by atoms with Crippen LogP contribution in [0.2, 0.25) is 0 Å². The van der Waals surface area contributed by atoms with Crippen LogP contribution in [0.3, 0.4) is 0 Å². The summed E-state index contributed by atoms with van der Waals surface area (Å²) in [6, 6.07) is 14.5. The fourth-order valence-corrected chi connectivity index (χ4v) is 10.6. The summed E-state index contributed by atoms with van der Waals surface area (Å²) in [5.41, 5.74) is 0.0973. The van der Waals surface area contributed by atoms with Crippen LogP contribution in [-0.4, -0.2) is 59.8 Å². The summed E-state index contributed by atoms with van der Waals surface area (Å²) < 4.78 is 90.5. The summed E-state index contributed by atoms with van der Waals surface area (Å²) in [6.07, 6.45) is 4.44. The Bertz CT molecular complexity index is 2640. The Morgan fingerprint density at radius 3 is 2.02 bits per heavy atom. The van der Waals surface area contributed by atoms with Gasteiger partial charge in [0.25, 0.3) is 11.8 Å². The molecule has 3 fully saturated rings. The maximum Gasteiger partial charge on any atom is 0.258 e. The summed E-state index contributed by atoms with van der Waals surface area (Å²) >= 11 is 16.2. The van der Waals surface area contributed by atoms with Gasteiger partial charge in [0.2, 0.25) is 17.6 Å². The number of alkyl halides is 2. The second-order valence-electron chi connectivity index (χ2n) is 14.8. The molecular formula is C43H30Cl2F5IN2O8. The second kappa shape index (κ2) is 15.3. The van der Waals surface area contributed by atoms with Crippen molar-refractivity contribution in [2.45, 2.75) is 28.5 Å². The van der Waals surface area contributed by atoms with E-state index in [1.54, 1.807) is 83.3 Å². The minimum Gasteiger partial charge on any atom is -0.504 e. The van der Waals surface area contributed by atoms with E-state index in [0.717, 1.165) is 10.5 Å². The van der Waals surface area contributed by atoms with Crippen molar-refractivity contribution in [3.05, 3.63) is 116 Å². The van der Waals surface area contributed by atoms with Crippen molar-refractivity contribution in [2.75, 3.05) is 31.1 Å². The molecule has 6 atom stereocenters. The number of nitrogens with zero attached hydrogens (tertiary/aromatic N) is 2. The van der Waals surface area contributed by atoms with E-state index in [-0.39, 0.29) is 43.2 Å². The van der Waals surface area contributed by atoms with Gasteiger partial charge < -0.3 is 19.3 Å². The van der Waals surface area contributed by atoms with Crippen LogP contribution < -0.4 is 24.0 Å². The lowest BCUT2D eigenvalue weighted by atomic mass is 9.56. The average Bonchev–Trinajstić information content (AvgIpc) is 3.59. The molecular weight excluding hydrogens is 965 g/mol. The Hall–Kier alpha value is -5.20. The molecule has 10 nitrogen and oxygen atoms in total. The topological polar surface area (TPSA) is 123 Å². The van der Waals surface area contributed by atoms with Gasteiger partial charge in [0, 0.05) is 11.5 Å². The van der Waals surface area contributed by atoms with Crippen LogP contribution in [0.15, 0.2) is 66.2 Å². The van der Waals surface area contributed by atoms with Crippen molar-refractivity contribution in [1.29, 1.82) is 0 Å². The van der Waals surface area contributed by atoms with Crippen molar-refractivity contribution in [2.24, 2.45) is 17.8 Å². The van der Waals surface area contributed by atoms with Crippen molar-refractivity contribution in [3.8, 4) is 23.0 Å². The molecule has 2 heterocycles. The maximum absolute atomic E-state index is 15.4. The van der Waals surface area contributed by atoms with Gasteiger partial charge in [-0.3, -0.25) is 24.1 Å². The monoisotopic (exact) mass is 994 g/mol. The van der Waals surface area contributed by atoms with Gasteiger partial charge in [-0.15, -0.1) is 23.2 Å². The molecule has 0 bridgehead atoms. The SMILES string of the molecule is COc1ccc(OC)c(C=Cc2ccc(N3C(=O)C4CC=C5C(CC6(Cl)C(=O)N(c7c(F)c(F)c(F)c(F)c7F)C(=O)C6(Cl)C5c5cc(I)c(O)c(OC)c5)C4C3=O)cc2)c1. The molecule has 6 unspecified atom stereocenters. The molecule has 2 saturated heterocycles. The van der Waals surface area contributed by atoms with Gasteiger partial charge in [0.1, 0.15) is 17.2 Å². The predicted molar refractivity (Wildman–Crippen MR) is 221 cm³/mol. The molecule has 18 heteroatoms. The van der Waals surface area contributed by atoms with Crippen LogP contribution in [0.25, 0.3) is 12.2 Å². The first-order valence-electron chi connectivity index (χ1n) is 18.4. The molecule has 0 aromatic heterocycles. The summed E-state index contributed by atoms with van der Waals surface area (Å²) in [6.45, 7) is 0. The molecule has 4 aliphatic rings. The highest BCUT2D eigenvalue weighted by atomic mass is 127. The number of imide groups is 2. The number of carbonyl (C=O) groups is 4. The number of halogens is 8.